The minimum atomic E-state index is -0.925. The highest BCUT2D eigenvalue weighted by Gasteiger charge is 2.31. The van der Waals surface area contributed by atoms with Gasteiger partial charge in [0.05, 0.1) is 11.6 Å². The van der Waals surface area contributed by atoms with Crippen molar-refractivity contribution in [3.8, 4) is 0 Å². The van der Waals surface area contributed by atoms with Crippen molar-refractivity contribution in [2.75, 3.05) is 18.0 Å². The van der Waals surface area contributed by atoms with Gasteiger partial charge in [-0.25, -0.2) is 4.79 Å². The maximum Gasteiger partial charge on any atom is 0.335 e. The quantitative estimate of drug-likeness (QED) is 0.855. The number of carbonyl (C=O) groups is 2. The van der Waals surface area contributed by atoms with Crippen LogP contribution in [0.3, 0.4) is 0 Å². The molecule has 0 saturated carbocycles. The van der Waals surface area contributed by atoms with Gasteiger partial charge in [-0.1, -0.05) is 6.42 Å². The van der Waals surface area contributed by atoms with Crippen molar-refractivity contribution in [1.29, 1.82) is 0 Å². The lowest BCUT2D eigenvalue weighted by molar-refractivity contribution is -0.121. The summed E-state index contributed by atoms with van der Waals surface area (Å²) in [6, 6.07) is 4.92. The second-order valence-corrected chi connectivity index (χ2v) is 5.39. The van der Waals surface area contributed by atoms with Crippen LogP contribution in [0.4, 0.5) is 5.69 Å². The lowest BCUT2D eigenvalue weighted by Crippen LogP contribution is -2.48. The Labute approximate surface area is 117 Å². The van der Waals surface area contributed by atoms with Crippen LogP contribution in [-0.4, -0.2) is 36.1 Å². The summed E-state index contributed by atoms with van der Waals surface area (Å²) in [7, 11) is 0. The van der Waals surface area contributed by atoms with E-state index >= 15 is 0 Å². The minimum Gasteiger partial charge on any atom is -0.478 e. The van der Waals surface area contributed by atoms with Gasteiger partial charge >= 0.3 is 5.97 Å². The Kier molecular flexibility index (Phi) is 3.44. The smallest absolute Gasteiger partial charge is 0.335 e. The third-order valence-corrected chi connectivity index (χ3v) is 4.10. The van der Waals surface area contributed by atoms with Crippen LogP contribution in [0.1, 0.15) is 35.2 Å². The molecule has 2 aliphatic rings. The fraction of sp³-hybridized carbons (Fsp3) is 0.467. The van der Waals surface area contributed by atoms with Crippen LogP contribution in [0.5, 0.6) is 0 Å². The Morgan fingerprint density at radius 3 is 2.85 bits per heavy atom. The lowest BCUT2D eigenvalue weighted by Gasteiger charge is -2.27. The van der Waals surface area contributed by atoms with Crippen molar-refractivity contribution in [2.45, 2.75) is 31.7 Å². The zero-order valence-electron chi connectivity index (χ0n) is 11.3. The van der Waals surface area contributed by atoms with Crippen LogP contribution >= 0.6 is 0 Å². The third-order valence-electron chi connectivity index (χ3n) is 4.10. The number of carboxylic acid groups (broad SMARTS) is 1. The van der Waals surface area contributed by atoms with Gasteiger partial charge in [-0.3, -0.25) is 4.79 Å². The number of nitrogens with one attached hydrogen (secondary N) is 1. The lowest BCUT2D eigenvalue weighted by atomic mass is 10.0. The van der Waals surface area contributed by atoms with Crippen molar-refractivity contribution in [1.82, 2.24) is 5.32 Å². The highest BCUT2D eigenvalue weighted by molar-refractivity contribution is 5.99. The molecule has 2 aliphatic heterocycles. The monoisotopic (exact) mass is 274 g/mol. The topological polar surface area (TPSA) is 69.6 Å². The van der Waals surface area contributed by atoms with Crippen molar-refractivity contribution < 1.29 is 14.7 Å². The second kappa shape index (κ2) is 5.25. The molecular formula is C15H18N2O3. The average Bonchev–Trinajstić information content (AvgIpc) is 2.90. The van der Waals surface area contributed by atoms with Gasteiger partial charge in [0.1, 0.15) is 0 Å². The molecule has 1 atom stereocenters. The number of amides is 1. The van der Waals surface area contributed by atoms with E-state index in [1.807, 2.05) is 0 Å². The highest BCUT2D eigenvalue weighted by atomic mass is 16.4. The molecule has 106 valence electrons. The number of nitrogens with zero attached hydrogens (tertiary/aromatic N) is 1. The van der Waals surface area contributed by atoms with E-state index in [0.717, 1.165) is 43.5 Å². The Bertz CT molecular complexity index is 550. The molecule has 2 heterocycles. The number of piperidine rings is 1. The molecule has 0 aliphatic carbocycles. The van der Waals surface area contributed by atoms with Crippen molar-refractivity contribution in [3.63, 3.8) is 0 Å². The maximum absolute atomic E-state index is 12.5. The van der Waals surface area contributed by atoms with Gasteiger partial charge < -0.3 is 15.3 Å². The largest absolute Gasteiger partial charge is 0.478 e. The van der Waals surface area contributed by atoms with Gasteiger partial charge in [-0.15, -0.1) is 0 Å². The molecule has 2 N–H and O–H groups in total. The van der Waals surface area contributed by atoms with E-state index in [0.29, 0.717) is 6.54 Å². The first kappa shape index (κ1) is 13.1. The Morgan fingerprint density at radius 1 is 1.30 bits per heavy atom. The summed E-state index contributed by atoms with van der Waals surface area (Å²) in [5, 5.41) is 12.3. The molecule has 1 aromatic rings. The predicted octanol–water partition coefficient (Wildman–Crippen LogP) is 1.42. The molecule has 20 heavy (non-hydrogen) atoms. The van der Waals surface area contributed by atoms with E-state index in [-0.39, 0.29) is 17.5 Å². The molecule has 1 fully saturated rings. The van der Waals surface area contributed by atoms with Gasteiger partial charge in [-0.05, 0) is 49.6 Å². The van der Waals surface area contributed by atoms with Crippen LogP contribution in [0.25, 0.3) is 0 Å². The fourth-order valence-corrected chi connectivity index (χ4v) is 3.01. The number of fused-ring (bicyclic) bond motifs is 1. The van der Waals surface area contributed by atoms with Gasteiger partial charge in [0.2, 0.25) is 5.91 Å². The Morgan fingerprint density at radius 2 is 2.15 bits per heavy atom. The molecule has 0 bridgehead atoms. The minimum absolute atomic E-state index is 0.0890. The molecule has 5 nitrogen and oxygen atoms in total. The summed E-state index contributed by atoms with van der Waals surface area (Å²) in [6.45, 7) is 1.55. The number of anilines is 1. The Hall–Kier alpha value is -1.88. The molecule has 1 amide bonds. The normalized spacial score (nSPS) is 21.6. The van der Waals surface area contributed by atoms with E-state index in [1.54, 1.807) is 23.1 Å². The van der Waals surface area contributed by atoms with Crippen LogP contribution in [0.15, 0.2) is 18.2 Å². The van der Waals surface area contributed by atoms with Gasteiger partial charge in [0.15, 0.2) is 0 Å². The van der Waals surface area contributed by atoms with E-state index in [4.69, 9.17) is 5.11 Å². The van der Waals surface area contributed by atoms with Crippen LogP contribution in [0, 0.1) is 0 Å². The number of hydrogen-bond donors (Lipinski definition) is 2. The maximum atomic E-state index is 12.5. The first-order valence-corrected chi connectivity index (χ1v) is 7.08. The standard InChI is InChI=1S/C15H18N2O3/c18-14(12-3-1-2-7-16-12)17-8-6-10-9-11(15(19)20)4-5-13(10)17/h4-5,9,12,16H,1-3,6-8H2,(H,19,20)/t12-/m1/s1. The third kappa shape index (κ3) is 2.29. The molecular weight excluding hydrogens is 256 g/mol. The molecule has 1 saturated heterocycles. The van der Waals surface area contributed by atoms with Crippen molar-refractivity contribution in [3.05, 3.63) is 29.3 Å². The Balaban J connectivity index is 1.81. The number of carbonyl (C=O) groups excluding carboxylic acids is 1. The summed E-state index contributed by atoms with van der Waals surface area (Å²) in [6.07, 6.45) is 3.83. The van der Waals surface area contributed by atoms with Crippen LogP contribution < -0.4 is 10.2 Å². The number of aromatic carboxylic acids is 1. The molecule has 3 rings (SSSR count). The van der Waals surface area contributed by atoms with Crippen molar-refractivity contribution >= 4 is 17.6 Å². The molecule has 0 spiro atoms. The van der Waals surface area contributed by atoms with E-state index in [1.165, 1.54) is 0 Å². The molecule has 0 radical (unpaired) electrons. The summed E-state index contributed by atoms with van der Waals surface area (Å²) >= 11 is 0. The zero-order valence-corrected chi connectivity index (χ0v) is 11.3. The fourth-order valence-electron chi connectivity index (χ4n) is 3.01. The van der Waals surface area contributed by atoms with Gasteiger partial charge in [0, 0.05) is 12.2 Å². The van der Waals surface area contributed by atoms with Gasteiger partial charge in [0.25, 0.3) is 0 Å². The van der Waals surface area contributed by atoms with E-state index in [9.17, 15) is 9.59 Å². The van der Waals surface area contributed by atoms with Crippen molar-refractivity contribution in [2.24, 2.45) is 0 Å². The second-order valence-electron chi connectivity index (χ2n) is 5.39. The zero-order chi connectivity index (χ0) is 14.1. The average molecular weight is 274 g/mol. The number of benzene rings is 1. The summed E-state index contributed by atoms with van der Waals surface area (Å²) in [5.74, 6) is -0.807. The SMILES string of the molecule is O=C(O)c1ccc2c(c1)CCN2C(=O)[C@H]1CCCCN1. The summed E-state index contributed by atoms with van der Waals surface area (Å²) in [4.78, 5) is 25.3. The number of rotatable bonds is 2. The summed E-state index contributed by atoms with van der Waals surface area (Å²) in [5.41, 5.74) is 2.11. The number of carboxylic acids is 1. The summed E-state index contributed by atoms with van der Waals surface area (Å²) < 4.78 is 0. The van der Waals surface area contributed by atoms with E-state index in [2.05, 4.69) is 5.32 Å². The molecule has 1 aromatic carbocycles. The van der Waals surface area contributed by atoms with E-state index < -0.39 is 5.97 Å². The molecule has 5 heteroatoms. The first-order chi connectivity index (χ1) is 9.66. The van der Waals surface area contributed by atoms with Crippen LogP contribution in [-0.2, 0) is 11.2 Å². The molecule has 0 unspecified atom stereocenters. The molecule has 0 aromatic heterocycles. The number of hydrogen-bond acceptors (Lipinski definition) is 3. The highest BCUT2D eigenvalue weighted by Crippen LogP contribution is 2.30. The first-order valence-electron chi connectivity index (χ1n) is 7.08. The van der Waals surface area contributed by atoms with Crippen LogP contribution in [0.2, 0.25) is 0 Å². The predicted molar refractivity (Wildman–Crippen MR) is 75.1 cm³/mol. The van der Waals surface area contributed by atoms with Gasteiger partial charge in [-0.2, -0.15) is 0 Å².